The van der Waals surface area contributed by atoms with E-state index >= 15 is 0 Å². The van der Waals surface area contributed by atoms with Gasteiger partial charge in [0.2, 0.25) is 0 Å². The largest absolute Gasteiger partial charge is 0.386 e. The van der Waals surface area contributed by atoms with Crippen molar-refractivity contribution in [2.24, 2.45) is 0 Å². The first-order chi connectivity index (χ1) is 9.83. The SMILES string of the molecule is COCCN[C@@H](c1ccccc1)[C@H](O)c1ccccc1. The molecule has 0 heterocycles. The van der Waals surface area contributed by atoms with Crippen molar-refractivity contribution in [1.82, 2.24) is 5.32 Å². The number of ether oxygens (including phenoxy) is 1. The standard InChI is InChI=1S/C17H21NO2/c1-20-13-12-18-16(14-8-4-2-5-9-14)17(19)15-10-6-3-7-11-15/h2-11,16-19H,12-13H2,1H3/t16-,17+/m0/s1. The van der Waals surface area contributed by atoms with E-state index in [0.717, 1.165) is 11.1 Å². The Hall–Kier alpha value is -1.68. The minimum atomic E-state index is -0.588. The maximum atomic E-state index is 10.6. The highest BCUT2D eigenvalue weighted by molar-refractivity contribution is 5.26. The third-order valence-corrected chi connectivity index (χ3v) is 3.29. The van der Waals surface area contributed by atoms with Gasteiger partial charge in [0.25, 0.3) is 0 Å². The molecule has 0 aromatic heterocycles. The smallest absolute Gasteiger partial charge is 0.0984 e. The molecule has 0 amide bonds. The van der Waals surface area contributed by atoms with Gasteiger partial charge >= 0.3 is 0 Å². The topological polar surface area (TPSA) is 41.5 Å². The van der Waals surface area contributed by atoms with Crippen LogP contribution in [0.3, 0.4) is 0 Å². The second kappa shape index (κ2) is 7.80. The molecular formula is C17H21NO2. The lowest BCUT2D eigenvalue weighted by atomic mass is 9.96. The van der Waals surface area contributed by atoms with E-state index in [1.807, 2.05) is 60.7 Å². The molecule has 0 unspecified atom stereocenters. The number of hydrogen-bond donors (Lipinski definition) is 2. The first-order valence-corrected chi connectivity index (χ1v) is 6.83. The van der Waals surface area contributed by atoms with Gasteiger partial charge < -0.3 is 15.2 Å². The van der Waals surface area contributed by atoms with E-state index in [-0.39, 0.29) is 6.04 Å². The Morgan fingerprint density at radius 1 is 0.950 bits per heavy atom. The van der Waals surface area contributed by atoms with E-state index < -0.39 is 6.10 Å². The summed E-state index contributed by atoms with van der Waals surface area (Å²) in [4.78, 5) is 0. The number of aliphatic hydroxyl groups excluding tert-OH is 1. The monoisotopic (exact) mass is 271 g/mol. The van der Waals surface area contributed by atoms with Crippen molar-refractivity contribution in [2.75, 3.05) is 20.3 Å². The Labute approximate surface area is 120 Å². The Morgan fingerprint density at radius 2 is 1.50 bits per heavy atom. The van der Waals surface area contributed by atoms with Gasteiger partial charge in [0, 0.05) is 13.7 Å². The van der Waals surface area contributed by atoms with Crippen molar-refractivity contribution in [1.29, 1.82) is 0 Å². The molecule has 0 bridgehead atoms. The molecular weight excluding hydrogens is 250 g/mol. The summed E-state index contributed by atoms with van der Waals surface area (Å²) in [7, 11) is 1.67. The van der Waals surface area contributed by atoms with Crippen LogP contribution in [0.5, 0.6) is 0 Å². The van der Waals surface area contributed by atoms with Gasteiger partial charge in [0.05, 0.1) is 18.8 Å². The van der Waals surface area contributed by atoms with Crippen LogP contribution in [0.4, 0.5) is 0 Å². The minimum absolute atomic E-state index is 0.145. The van der Waals surface area contributed by atoms with Crippen LogP contribution in [0.1, 0.15) is 23.3 Å². The van der Waals surface area contributed by atoms with Gasteiger partial charge in [-0.25, -0.2) is 0 Å². The van der Waals surface area contributed by atoms with Crippen molar-refractivity contribution in [3.05, 3.63) is 71.8 Å². The van der Waals surface area contributed by atoms with Gasteiger partial charge in [0.15, 0.2) is 0 Å². The lowest BCUT2D eigenvalue weighted by Gasteiger charge is -2.25. The number of benzene rings is 2. The predicted molar refractivity (Wildman–Crippen MR) is 80.5 cm³/mol. The molecule has 0 aliphatic carbocycles. The van der Waals surface area contributed by atoms with Gasteiger partial charge in [-0.3, -0.25) is 0 Å². The molecule has 2 aromatic carbocycles. The lowest BCUT2D eigenvalue weighted by Crippen LogP contribution is -2.29. The molecule has 0 spiro atoms. The Bertz CT molecular complexity index is 487. The van der Waals surface area contributed by atoms with E-state index in [1.165, 1.54) is 0 Å². The van der Waals surface area contributed by atoms with E-state index in [9.17, 15) is 5.11 Å². The number of hydrogen-bond acceptors (Lipinski definition) is 3. The van der Waals surface area contributed by atoms with Gasteiger partial charge in [-0.05, 0) is 11.1 Å². The molecule has 0 saturated carbocycles. The molecule has 0 saturated heterocycles. The fourth-order valence-electron chi connectivity index (χ4n) is 2.23. The molecule has 2 rings (SSSR count). The van der Waals surface area contributed by atoms with Crippen molar-refractivity contribution in [2.45, 2.75) is 12.1 Å². The zero-order valence-corrected chi connectivity index (χ0v) is 11.7. The minimum Gasteiger partial charge on any atom is -0.386 e. The molecule has 0 radical (unpaired) electrons. The van der Waals surface area contributed by atoms with Crippen molar-refractivity contribution in [3.63, 3.8) is 0 Å². The summed E-state index contributed by atoms with van der Waals surface area (Å²) in [6.45, 7) is 1.31. The molecule has 3 nitrogen and oxygen atoms in total. The molecule has 20 heavy (non-hydrogen) atoms. The third-order valence-electron chi connectivity index (χ3n) is 3.29. The molecule has 0 fully saturated rings. The zero-order chi connectivity index (χ0) is 14.2. The van der Waals surface area contributed by atoms with Crippen molar-refractivity contribution < 1.29 is 9.84 Å². The van der Waals surface area contributed by atoms with Crippen LogP contribution >= 0.6 is 0 Å². The maximum Gasteiger partial charge on any atom is 0.0984 e. The molecule has 106 valence electrons. The molecule has 3 heteroatoms. The second-order valence-electron chi connectivity index (χ2n) is 4.69. The number of aliphatic hydroxyl groups is 1. The summed E-state index contributed by atoms with van der Waals surface area (Å²) in [5.74, 6) is 0. The summed E-state index contributed by atoms with van der Waals surface area (Å²) >= 11 is 0. The third kappa shape index (κ3) is 3.90. The van der Waals surface area contributed by atoms with Gasteiger partial charge in [-0.2, -0.15) is 0 Å². The van der Waals surface area contributed by atoms with E-state index in [2.05, 4.69) is 5.32 Å². The first kappa shape index (κ1) is 14.7. The second-order valence-corrected chi connectivity index (χ2v) is 4.69. The molecule has 0 aliphatic rings. The maximum absolute atomic E-state index is 10.6. The normalized spacial score (nSPS) is 13.9. The summed E-state index contributed by atoms with van der Waals surface area (Å²) in [6, 6.07) is 19.6. The summed E-state index contributed by atoms with van der Waals surface area (Å²) in [6.07, 6.45) is -0.588. The van der Waals surface area contributed by atoms with Gasteiger partial charge in [-0.15, -0.1) is 0 Å². The van der Waals surface area contributed by atoms with E-state index in [1.54, 1.807) is 7.11 Å². The highest BCUT2D eigenvalue weighted by atomic mass is 16.5. The average molecular weight is 271 g/mol. The molecule has 0 aliphatic heterocycles. The molecule has 2 aromatic rings. The fourth-order valence-corrected chi connectivity index (χ4v) is 2.23. The van der Waals surface area contributed by atoms with Crippen molar-refractivity contribution in [3.8, 4) is 0 Å². The molecule has 2 atom stereocenters. The van der Waals surface area contributed by atoms with Crippen molar-refractivity contribution >= 4 is 0 Å². The highest BCUT2D eigenvalue weighted by Crippen LogP contribution is 2.28. The number of nitrogens with one attached hydrogen (secondary N) is 1. The summed E-state index contributed by atoms with van der Waals surface area (Å²) in [5.41, 5.74) is 1.98. The quantitative estimate of drug-likeness (QED) is 0.761. The van der Waals surface area contributed by atoms with Gasteiger partial charge in [0.1, 0.15) is 0 Å². The Balaban J connectivity index is 2.17. The Kier molecular flexibility index (Phi) is 5.74. The van der Waals surface area contributed by atoms with Crippen LogP contribution in [0.15, 0.2) is 60.7 Å². The predicted octanol–water partition coefficient (Wildman–Crippen LogP) is 2.70. The van der Waals surface area contributed by atoms with E-state index in [4.69, 9.17) is 4.74 Å². The van der Waals surface area contributed by atoms with Crippen LogP contribution in [0.25, 0.3) is 0 Å². The van der Waals surface area contributed by atoms with Crippen LogP contribution in [0, 0.1) is 0 Å². The summed E-state index contributed by atoms with van der Waals surface area (Å²) < 4.78 is 5.07. The average Bonchev–Trinajstić information content (AvgIpc) is 2.53. The summed E-state index contributed by atoms with van der Waals surface area (Å²) in [5, 5.41) is 14.0. The first-order valence-electron chi connectivity index (χ1n) is 6.83. The Morgan fingerprint density at radius 3 is 2.05 bits per heavy atom. The van der Waals surface area contributed by atoms with Crippen LogP contribution in [-0.2, 0) is 4.74 Å². The number of rotatable bonds is 7. The number of methoxy groups -OCH3 is 1. The van der Waals surface area contributed by atoms with Crippen LogP contribution in [0.2, 0.25) is 0 Å². The highest BCUT2D eigenvalue weighted by Gasteiger charge is 2.21. The fraction of sp³-hybridized carbons (Fsp3) is 0.294. The van der Waals surface area contributed by atoms with Gasteiger partial charge in [-0.1, -0.05) is 60.7 Å². The molecule has 2 N–H and O–H groups in total. The zero-order valence-electron chi connectivity index (χ0n) is 11.7. The van der Waals surface area contributed by atoms with Crippen LogP contribution < -0.4 is 5.32 Å². The van der Waals surface area contributed by atoms with E-state index in [0.29, 0.717) is 13.2 Å². The van der Waals surface area contributed by atoms with Crippen LogP contribution in [-0.4, -0.2) is 25.4 Å². The lowest BCUT2D eigenvalue weighted by molar-refractivity contribution is 0.119.